The molecule has 20 heavy (non-hydrogen) atoms. The van der Waals surface area contributed by atoms with Crippen LogP contribution in [-0.2, 0) is 23.2 Å². The van der Waals surface area contributed by atoms with Crippen molar-refractivity contribution in [3.8, 4) is 0 Å². The maximum absolute atomic E-state index is 11.3. The van der Waals surface area contributed by atoms with Crippen molar-refractivity contribution >= 4 is 6.09 Å². The summed E-state index contributed by atoms with van der Waals surface area (Å²) in [6, 6.07) is 4.10. The molecule has 0 atom stereocenters. The molecule has 1 aromatic heterocycles. The Hall–Kier alpha value is -1.53. The summed E-state index contributed by atoms with van der Waals surface area (Å²) in [4.78, 5) is 16.3. The third-order valence-corrected chi connectivity index (χ3v) is 2.51. The zero-order valence-electron chi connectivity index (χ0n) is 12.7. The summed E-state index contributed by atoms with van der Waals surface area (Å²) in [6.45, 7) is 7.50. The molecule has 1 aromatic rings. The first kappa shape index (κ1) is 16.5. The lowest BCUT2D eigenvalue weighted by Gasteiger charge is -2.19. The van der Waals surface area contributed by atoms with Crippen molar-refractivity contribution in [2.75, 3.05) is 13.2 Å². The first-order chi connectivity index (χ1) is 9.38. The quantitative estimate of drug-likeness (QED) is 0.593. The van der Waals surface area contributed by atoms with E-state index in [4.69, 9.17) is 9.57 Å². The molecule has 114 valence electrons. The highest BCUT2D eigenvalue weighted by Gasteiger charge is 2.15. The molecule has 0 aromatic carbocycles. The highest BCUT2D eigenvalue weighted by atomic mass is 16.7. The number of amides is 1. The largest absolute Gasteiger partial charge is 0.442 e. The van der Waals surface area contributed by atoms with Gasteiger partial charge in [-0.15, -0.1) is 0 Å². The normalized spacial score (nSPS) is 11.4. The van der Waals surface area contributed by atoms with E-state index in [0.717, 1.165) is 19.5 Å². The Labute approximate surface area is 120 Å². The molecular weight excluding hydrogens is 258 g/mol. The second-order valence-corrected chi connectivity index (χ2v) is 5.59. The average Bonchev–Trinajstić information content (AvgIpc) is 2.71. The van der Waals surface area contributed by atoms with Crippen molar-refractivity contribution in [3.63, 3.8) is 0 Å². The van der Waals surface area contributed by atoms with Crippen molar-refractivity contribution in [3.05, 3.63) is 24.0 Å². The molecule has 6 nitrogen and oxygen atoms in total. The predicted octanol–water partition coefficient (Wildman–Crippen LogP) is 1.96. The van der Waals surface area contributed by atoms with Gasteiger partial charge in [0.15, 0.2) is 0 Å². The van der Waals surface area contributed by atoms with Gasteiger partial charge in [-0.3, -0.25) is 4.84 Å². The Kier molecular flexibility index (Phi) is 6.54. The molecule has 0 spiro atoms. The highest BCUT2D eigenvalue weighted by Crippen LogP contribution is 2.06. The van der Waals surface area contributed by atoms with Gasteiger partial charge in [0, 0.05) is 25.5 Å². The predicted molar refractivity (Wildman–Crippen MR) is 77.1 cm³/mol. The number of carbonyl (C=O) groups is 1. The van der Waals surface area contributed by atoms with Gasteiger partial charge in [-0.25, -0.2) is 4.79 Å². The zero-order chi connectivity index (χ0) is 15.0. The van der Waals surface area contributed by atoms with E-state index in [2.05, 4.69) is 21.4 Å². The van der Waals surface area contributed by atoms with E-state index in [9.17, 15) is 4.79 Å². The monoisotopic (exact) mass is 283 g/mol. The Morgan fingerprint density at radius 3 is 2.75 bits per heavy atom. The van der Waals surface area contributed by atoms with Crippen LogP contribution in [0.1, 0.15) is 32.9 Å². The van der Waals surface area contributed by atoms with E-state index in [-0.39, 0.29) is 0 Å². The second-order valence-electron chi connectivity index (χ2n) is 5.59. The third kappa shape index (κ3) is 7.16. The van der Waals surface area contributed by atoms with Crippen LogP contribution in [0.2, 0.25) is 0 Å². The van der Waals surface area contributed by atoms with Gasteiger partial charge in [0.1, 0.15) is 5.60 Å². The minimum atomic E-state index is -0.561. The molecule has 0 aliphatic heterocycles. The van der Waals surface area contributed by atoms with Gasteiger partial charge in [-0.05, 0) is 45.9 Å². The van der Waals surface area contributed by atoms with Crippen LogP contribution in [0.5, 0.6) is 0 Å². The Bertz CT molecular complexity index is 410. The standard InChI is InChI=1S/C14H25N3O3/c1-14(2,3)20-13(18)16-19-10-6-8-15-11-12-7-5-9-17(12)4/h5,7,9,15H,6,8,10-11H2,1-4H3,(H,16,18). The number of hydroxylamine groups is 1. The smallest absolute Gasteiger partial charge is 0.431 e. The fourth-order valence-corrected chi connectivity index (χ4v) is 1.57. The lowest BCUT2D eigenvalue weighted by molar-refractivity contribution is -0.00816. The van der Waals surface area contributed by atoms with Gasteiger partial charge in [0.05, 0.1) is 6.61 Å². The number of hydrogen-bond acceptors (Lipinski definition) is 4. The maximum atomic E-state index is 11.3. The Balaban J connectivity index is 1.98. The summed E-state index contributed by atoms with van der Waals surface area (Å²) in [5.41, 5.74) is 2.98. The van der Waals surface area contributed by atoms with Crippen molar-refractivity contribution in [1.82, 2.24) is 15.4 Å². The molecule has 0 unspecified atom stereocenters. The van der Waals surface area contributed by atoms with Gasteiger partial charge < -0.3 is 14.6 Å². The van der Waals surface area contributed by atoms with Crippen molar-refractivity contribution in [2.45, 2.75) is 39.3 Å². The highest BCUT2D eigenvalue weighted by molar-refractivity contribution is 5.66. The molecule has 0 fully saturated rings. The molecule has 2 N–H and O–H groups in total. The lowest BCUT2D eigenvalue weighted by atomic mass is 10.2. The Morgan fingerprint density at radius 2 is 2.15 bits per heavy atom. The molecule has 1 heterocycles. The van der Waals surface area contributed by atoms with Crippen LogP contribution in [-0.4, -0.2) is 29.4 Å². The summed E-state index contributed by atoms with van der Waals surface area (Å²) >= 11 is 0. The zero-order valence-corrected chi connectivity index (χ0v) is 12.7. The minimum Gasteiger partial charge on any atom is -0.442 e. The molecule has 0 saturated heterocycles. The fraction of sp³-hybridized carbons (Fsp3) is 0.643. The summed E-state index contributed by atoms with van der Waals surface area (Å²) < 4.78 is 7.11. The average molecular weight is 283 g/mol. The van der Waals surface area contributed by atoms with Crippen LogP contribution in [0.15, 0.2) is 18.3 Å². The molecule has 0 aliphatic carbocycles. The minimum absolute atomic E-state index is 0.444. The van der Waals surface area contributed by atoms with E-state index in [1.165, 1.54) is 5.69 Å². The molecular formula is C14H25N3O3. The van der Waals surface area contributed by atoms with Crippen LogP contribution >= 0.6 is 0 Å². The maximum Gasteiger partial charge on any atom is 0.431 e. The van der Waals surface area contributed by atoms with Gasteiger partial charge in [0.2, 0.25) is 0 Å². The molecule has 0 bridgehead atoms. The van der Waals surface area contributed by atoms with Crippen LogP contribution in [0.3, 0.4) is 0 Å². The summed E-state index contributed by atoms with van der Waals surface area (Å²) in [5.74, 6) is 0. The Morgan fingerprint density at radius 1 is 1.40 bits per heavy atom. The van der Waals surface area contributed by atoms with Gasteiger partial charge in [-0.1, -0.05) is 0 Å². The summed E-state index contributed by atoms with van der Waals surface area (Å²) in [5, 5.41) is 3.31. The number of aromatic nitrogens is 1. The number of aryl methyl sites for hydroxylation is 1. The van der Waals surface area contributed by atoms with Crippen LogP contribution in [0.4, 0.5) is 4.79 Å². The van der Waals surface area contributed by atoms with E-state index >= 15 is 0 Å². The number of hydrogen-bond donors (Lipinski definition) is 2. The van der Waals surface area contributed by atoms with E-state index in [0.29, 0.717) is 6.61 Å². The van der Waals surface area contributed by atoms with E-state index in [1.807, 2.05) is 19.3 Å². The molecule has 6 heteroatoms. The topological polar surface area (TPSA) is 64.5 Å². The van der Waals surface area contributed by atoms with Crippen LogP contribution < -0.4 is 10.8 Å². The SMILES string of the molecule is Cn1cccc1CNCCCONC(=O)OC(C)(C)C. The molecule has 0 saturated carbocycles. The van der Waals surface area contributed by atoms with E-state index in [1.54, 1.807) is 20.8 Å². The number of nitrogens with zero attached hydrogens (tertiary/aromatic N) is 1. The summed E-state index contributed by atoms with van der Waals surface area (Å²) in [7, 11) is 2.02. The first-order valence-corrected chi connectivity index (χ1v) is 6.80. The van der Waals surface area contributed by atoms with Crippen molar-refractivity contribution in [2.24, 2.45) is 7.05 Å². The number of nitrogens with one attached hydrogen (secondary N) is 2. The van der Waals surface area contributed by atoms with Crippen molar-refractivity contribution in [1.29, 1.82) is 0 Å². The molecule has 1 rings (SSSR count). The summed E-state index contributed by atoms with van der Waals surface area (Å²) in [6.07, 6.45) is 2.26. The van der Waals surface area contributed by atoms with Gasteiger partial charge in [-0.2, -0.15) is 5.48 Å². The molecule has 0 aliphatic rings. The van der Waals surface area contributed by atoms with Crippen molar-refractivity contribution < 1.29 is 14.4 Å². The van der Waals surface area contributed by atoms with Crippen LogP contribution in [0.25, 0.3) is 0 Å². The third-order valence-electron chi connectivity index (χ3n) is 2.51. The van der Waals surface area contributed by atoms with Crippen LogP contribution in [0, 0.1) is 0 Å². The number of ether oxygens (including phenoxy) is 1. The van der Waals surface area contributed by atoms with Gasteiger partial charge in [0.25, 0.3) is 0 Å². The first-order valence-electron chi connectivity index (χ1n) is 6.80. The fourth-order valence-electron chi connectivity index (χ4n) is 1.57. The number of rotatable bonds is 7. The number of carbonyl (C=O) groups excluding carboxylic acids is 1. The molecule has 1 amide bonds. The second kappa shape index (κ2) is 7.91. The van der Waals surface area contributed by atoms with Gasteiger partial charge >= 0.3 is 6.09 Å². The molecule has 0 radical (unpaired) electrons. The van der Waals surface area contributed by atoms with E-state index < -0.39 is 11.7 Å². The lowest BCUT2D eigenvalue weighted by Crippen LogP contribution is -2.33.